The van der Waals surface area contributed by atoms with Crippen LogP contribution in [0.4, 0.5) is 19.0 Å². The van der Waals surface area contributed by atoms with Gasteiger partial charge in [0, 0.05) is 18.7 Å². The minimum Gasteiger partial charge on any atom is -0.383 e. The predicted octanol–water partition coefficient (Wildman–Crippen LogP) is 3.36. The molecule has 0 aliphatic rings. The topological polar surface area (TPSA) is 56.7 Å². The monoisotopic (exact) mass is 286 g/mol. The van der Waals surface area contributed by atoms with E-state index in [1.54, 1.807) is 0 Å². The minimum atomic E-state index is -4.09. The van der Waals surface area contributed by atoms with Crippen LogP contribution in [0.3, 0.4) is 0 Å². The summed E-state index contributed by atoms with van der Waals surface area (Å²) in [5, 5.41) is 0.792. The molecule has 0 aliphatic heterocycles. The Hall–Kier alpha value is -1.79. The molecule has 2 rings (SSSR count). The zero-order valence-electron chi connectivity index (χ0n) is 11.5. The van der Waals surface area contributed by atoms with Crippen LogP contribution in [0.2, 0.25) is 0 Å². The Kier molecular flexibility index (Phi) is 3.87. The maximum absolute atomic E-state index is 12.1. The van der Waals surface area contributed by atoms with E-state index in [0.717, 1.165) is 16.6 Å². The maximum atomic E-state index is 12.1. The summed E-state index contributed by atoms with van der Waals surface area (Å²) in [5.41, 5.74) is 8.48. The Morgan fingerprint density at radius 3 is 2.55 bits per heavy atom. The molecular weight excluding hydrogens is 269 g/mol. The van der Waals surface area contributed by atoms with Gasteiger partial charge in [-0.3, -0.25) is 0 Å². The number of halogens is 3. The van der Waals surface area contributed by atoms with Gasteiger partial charge in [0.2, 0.25) is 0 Å². The zero-order chi connectivity index (χ0) is 14.9. The van der Waals surface area contributed by atoms with E-state index in [2.05, 4.69) is 9.97 Å². The van der Waals surface area contributed by atoms with Gasteiger partial charge in [-0.15, -0.1) is 0 Å². The van der Waals surface area contributed by atoms with Gasteiger partial charge >= 0.3 is 6.18 Å². The summed E-state index contributed by atoms with van der Waals surface area (Å²) >= 11 is 0. The number of nitrogens with zero attached hydrogens (tertiary/aromatic N) is 3. The number of rotatable bonds is 4. The lowest BCUT2D eigenvalue weighted by atomic mass is 10.2. The number of nitrogen functional groups attached to an aromatic ring is 1. The first-order valence-corrected chi connectivity index (χ1v) is 6.44. The summed E-state index contributed by atoms with van der Waals surface area (Å²) in [5.74, 6) is 0.407. The summed E-state index contributed by atoms with van der Waals surface area (Å²) in [6.07, 6.45) is -2.89. The standard InChI is InChI=1S/C13H17F3N4/c1-8-9(2)20(6-4-3-5-13(14,15)16)12-10(8)11(17)18-7-19-12/h7H,3-6H2,1-2H3,(H2,17,18,19). The number of hydrogen-bond acceptors (Lipinski definition) is 3. The molecule has 0 atom stereocenters. The van der Waals surface area contributed by atoms with E-state index in [1.165, 1.54) is 6.33 Å². The fraction of sp³-hybridized carbons (Fsp3) is 0.538. The van der Waals surface area contributed by atoms with Crippen molar-refractivity contribution in [3.63, 3.8) is 0 Å². The summed E-state index contributed by atoms with van der Waals surface area (Å²) in [6.45, 7) is 4.34. The molecule has 20 heavy (non-hydrogen) atoms. The first-order chi connectivity index (χ1) is 9.31. The van der Waals surface area contributed by atoms with Crippen molar-refractivity contribution in [3.05, 3.63) is 17.6 Å². The van der Waals surface area contributed by atoms with Crippen molar-refractivity contribution < 1.29 is 13.2 Å². The molecular formula is C13H17F3N4. The molecule has 4 nitrogen and oxygen atoms in total. The molecule has 2 heterocycles. The Labute approximate surface area is 114 Å². The molecule has 0 aromatic carbocycles. The third-order valence-corrected chi connectivity index (χ3v) is 3.53. The highest BCUT2D eigenvalue weighted by Crippen LogP contribution is 2.28. The van der Waals surface area contributed by atoms with Gasteiger partial charge in [-0.25, -0.2) is 9.97 Å². The molecule has 0 spiro atoms. The van der Waals surface area contributed by atoms with E-state index in [-0.39, 0.29) is 6.42 Å². The average molecular weight is 286 g/mol. The van der Waals surface area contributed by atoms with Gasteiger partial charge in [-0.2, -0.15) is 13.2 Å². The van der Waals surface area contributed by atoms with Crippen molar-refractivity contribution in [1.29, 1.82) is 0 Å². The van der Waals surface area contributed by atoms with Gasteiger partial charge < -0.3 is 10.3 Å². The van der Waals surface area contributed by atoms with Crippen LogP contribution in [-0.2, 0) is 6.54 Å². The SMILES string of the molecule is Cc1c(C)n(CCCCC(F)(F)F)c2ncnc(N)c12. The van der Waals surface area contributed by atoms with Crippen molar-refractivity contribution in [2.75, 3.05) is 5.73 Å². The number of nitrogens with two attached hydrogens (primary N) is 1. The fourth-order valence-electron chi connectivity index (χ4n) is 2.37. The Balaban J connectivity index is 2.19. The molecule has 0 fully saturated rings. The van der Waals surface area contributed by atoms with E-state index in [4.69, 9.17) is 5.73 Å². The van der Waals surface area contributed by atoms with Crippen LogP contribution in [0.5, 0.6) is 0 Å². The minimum absolute atomic E-state index is 0.113. The number of alkyl halides is 3. The average Bonchev–Trinajstić information content (AvgIpc) is 2.59. The van der Waals surface area contributed by atoms with Crippen LogP contribution in [0.15, 0.2) is 6.33 Å². The van der Waals surface area contributed by atoms with Gasteiger partial charge in [0.15, 0.2) is 0 Å². The Morgan fingerprint density at radius 1 is 1.20 bits per heavy atom. The lowest BCUT2D eigenvalue weighted by Crippen LogP contribution is -2.08. The first kappa shape index (κ1) is 14.6. The van der Waals surface area contributed by atoms with Crippen LogP contribution < -0.4 is 5.73 Å². The number of hydrogen-bond donors (Lipinski definition) is 1. The third kappa shape index (κ3) is 2.86. The molecule has 0 saturated carbocycles. The van der Waals surface area contributed by atoms with Crippen LogP contribution >= 0.6 is 0 Å². The molecule has 0 aliphatic carbocycles. The van der Waals surface area contributed by atoms with Crippen molar-refractivity contribution in [1.82, 2.24) is 14.5 Å². The smallest absolute Gasteiger partial charge is 0.383 e. The van der Waals surface area contributed by atoms with E-state index < -0.39 is 12.6 Å². The molecule has 2 N–H and O–H groups in total. The highest BCUT2D eigenvalue weighted by molar-refractivity contribution is 5.90. The van der Waals surface area contributed by atoms with Crippen molar-refractivity contribution in [3.8, 4) is 0 Å². The highest BCUT2D eigenvalue weighted by Gasteiger charge is 2.26. The molecule has 0 unspecified atom stereocenters. The number of aryl methyl sites for hydroxylation is 2. The van der Waals surface area contributed by atoms with E-state index in [0.29, 0.717) is 24.4 Å². The van der Waals surface area contributed by atoms with Crippen molar-refractivity contribution in [2.24, 2.45) is 0 Å². The maximum Gasteiger partial charge on any atom is 0.389 e. The lowest BCUT2D eigenvalue weighted by molar-refractivity contribution is -0.135. The second kappa shape index (κ2) is 5.30. The van der Waals surface area contributed by atoms with Gasteiger partial charge in [0.05, 0.1) is 5.39 Å². The van der Waals surface area contributed by atoms with E-state index in [9.17, 15) is 13.2 Å². The molecule has 0 bridgehead atoms. The first-order valence-electron chi connectivity index (χ1n) is 6.44. The van der Waals surface area contributed by atoms with Crippen molar-refractivity contribution >= 4 is 16.9 Å². The van der Waals surface area contributed by atoms with Crippen molar-refractivity contribution in [2.45, 2.75) is 45.8 Å². The van der Waals surface area contributed by atoms with Crippen LogP contribution in [0.1, 0.15) is 30.5 Å². The molecule has 7 heteroatoms. The highest BCUT2D eigenvalue weighted by atomic mass is 19.4. The Morgan fingerprint density at radius 2 is 1.90 bits per heavy atom. The predicted molar refractivity (Wildman–Crippen MR) is 71.3 cm³/mol. The molecule has 0 amide bonds. The molecule has 2 aromatic heterocycles. The molecule has 110 valence electrons. The second-order valence-electron chi connectivity index (χ2n) is 4.89. The van der Waals surface area contributed by atoms with Gasteiger partial charge in [-0.05, 0) is 32.3 Å². The largest absolute Gasteiger partial charge is 0.389 e. The van der Waals surface area contributed by atoms with Gasteiger partial charge in [0.25, 0.3) is 0 Å². The van der Waals surface area contributed by atoms with Crippen LogP contribution in [0.25, 0.3) is 11.0 Å². The number of aromatic nitrogens is 3. The molecule has 2 aromatic rings. The Bertz CT molecular complexity index is 616. The second-order valence-corrected chi connectivity index (χ2v) is 4.89. The fourth-order valence-corrected chi connectivity index (χ4v) is 2.37. The van der Waals surface area contributed by atoms with E-state index in [1.807, 2.05) is 18.4 Å². The molecule has 0 saturated heterocycles. The third-order valence-electron chi connectivity index (χ3n) is 3.53. The van der Waals surface area contributed by atoms with Gasteiger partial charge in [0.1, 0.15) is 17.8 Å². The summed E-state index contributed by atoms with van der Waals surface area (Å²) in [6, 6.07) is 0. The van der Waals surface area contributed by atoms with Gasteiger partial charge in [-0.1, -0.05) is 0 Å². The van der Waals surface area contributed by atoms with E-state index >= 15 is 0 Å². The summed E-state index contributed by atoms with van der Waals surface area (Å²) in [7, 11) is 0. The number of fused-ring (bicyclic) bond motifs is 1. The lowest BCUT2D eigenvalue weighted by Gasteiger charge is -2.09. The zero-order valence-corrected chi connectivity index (χ0v) is 11.5. The van der Waals surface area contributed by atoms with Crippen LogP contribution in [0, 0.1) is 13.8 Å². The quantitative estimate of drug-likeness (QED) is 0.877. The number of unbranched alkanes of at least 4 members (excludes halogenated alkanes) is 1. The normalized spacial score (nSPS) is 12.2. The number of anilines is 1. The molecule has 0 radical (unpaired) electrons. The van der Waals surface area contributed by atoms with Crippen LogP contribution in [-0.4, -0.2) is 20.7 Å². The summed E-state index contributed by atoms with van der Waals surface area (Å²) < 4.78 is 38.3. The summed E-state index contributed by atoms with van der Waals surface area (Å²) in [4.78, 5) is 8.16.